The number of unbranched alkanes of at least 4 members (excludes halogenated alkanes) is 5. The molecule has 0 unspecified atom stereocenters. The van der Waals surface area contributed by atoms with Crippen molar-refractivity contribution >= 4 is 17.7 Å². The van der Waals surface area contributed by atoms with Crippen LogP contribution in [-0.4, -0.2) is 29.8 Å². The van der Waals surface area contributed by atoms with Gasteiger partial charge in [0.25, 0.3) is 0 Å². The Bertz CT molecular complexity index is 590. The first-order valence-electron chi connectivity index (χ1n) is 9.84. The molecule has 0 spiro atoms. The molecule has 0 aliphatic rings. The number of hydrogen-bond donors (Lipinski definition) is 3. The van der Waals surface area contributed by atoms with Crippen LogP contribution in [0.15, 0.2) is 30.3 Å². The highest BCUT2D eigenvalue weighted by molar-refractivity contribution is 5.91. The summed E-state index contributed by atoms with van der Waals surface area (Å²) in [5.41, 5.74) is 6.39. The Labute approximate surface area is 162 Å². The Morgan fingerprint density at radius 2 is 1.56 bits per heavy atom. The molecule has 1 rings (SSSR count). The highest BCUT2D eigenvalue weighted by Crippen LogP contribution is 2.09. The molecule has 0 bridgehead atoms. The van der Waals surface area contributed by atoms with Gasteiger partial charge < -0.3 is 16.4 Å². The van der Waals surface area contributed by atoms with Gasteiger partial charge in [0.2, 0.25) is 17.7 Å². The lowest BCUT2D eigenvalue weighted by atomic mass is 10.0. The first kappa shape index (κ1) is 22.7. The van der Waals surface area contributed by atoms with Gasteiger partial charge in [-0.15, -0.1) is 0 Å². The lowest BCUT2D eigenvalue weighted by Crippen LogP contribution is -2.53. The summed E-state index contributed by atoms with van der Waals surface area (Å²) in [5, 5.41) is 5.38. The first-order chi connectivity index (χ1) is 12.9. The Balaban J connectivity index is 2.60. The molecule has 0 heterocycles. The van der Waals surface area contributed by atoms with Gasteiger partial charge >= 0.3 is 0 Å². The molecule has 6 heteroatoms. The molecule has 0 aliphatic carbocycles. The third-order valence-corrected chi connectivity index (χ3v) is 4.48. The maximum absolute atomic E-state index is 12.6. The molecule has 1 aromatic carbocycles. The molecule has 4 N–H and O–H groups in total. The number of rotatable bonds is 13. The van der Waals surface area contributed by atoms with Gasteiger partial charge in [-0.05, 0) is 12.0 Å². The summed E-state index contributed by atoms with van der Waals surface area (Å²) in [6, 6.07) is 7.98. The number of nitrogens with one attached hydrogen (secondary N) is 2. The van der Waals surface area contributed by atoms with Gasteiger partial charge in [0.1, 0.15) is 12.1 Å². The molecule has 3 amide bonds. The minimum Gasteiger partial charge on any atom is -0.368 e. The van der Waals surface area contributed by atoms with E-state index >= 15 is 0 Å². The predicted octanol–water partition coefficient (Wildman–Crippen LogP) is 2.45. The molecule has 0 aliphatic heterocycles. The predicted molar refractivity (Wildman–Crippen MR) is 107 cm³/mol. The fourth-order valence-electron chi connectivity index (χ4n) is 2.99. The zero-order valence-corrected chi connectivity index (χ0v) is 16.5. The zero-order chi connectivity index (χ0) is 20.1. The van der Waals surface area contributed by atoms with Crippen molar-refractivity contribution in [3.63, 3.8) is 0 Å². The number of amides is 3. The summed E-state index contributed by atoms with van der Waals surface area (Å²) < 4.78 is 0. The van der Waals surface area contributed by atoms with Crippen LogP contribution in [0.25, 0.3) is 0 Å². The molecule has 6 nitrogen and oxygen atoms in total. The van der Waals surface area contributed by atoms with Crippen LogP contribution >= 0.6 is 0 Å². The molecule has 0 aromatic heterocycles. The van der Waals surface area contributed by atoms with E-state index in [9.17, 15) is 14.4 Å². The van der Waals surface area contributed by atoms with E-state index < -0.39 is 18.0 Å². The van der Waals surface area contributed by atoms with Crippen LogP contribution < -0.4 is 16.4 Å². The summed E-state index contributed by atoms with van der Waals surface area (Å²) in [6.45, 7) is 3.53. The molecule has 1 aromatic rings. The zero-order valence-electron chi connectivity index (χ0n) is 16.5. The number of benzene rings is 1. The van der Waals surface area contributed by atoms with E-state index in [1.54, 1.807) is 0 Å². The fraction of sp³-hybridized carbons (Fsp3) is 0.571. The van der Waals surface area contributed by atoms with Gasteiger partial charge in [-0.2, -0.15) is 0 Å². The third-order valence-electron chi connectivity index (χ3n) is 4.48. The van der Waals surface area contributed by atoms with Gasteiger partial charge in [0.15, 0.2) is 0 Å². The second-order valence-corrected chi connectivity index (χ2v) is 6.96. The van der Waals surface area contributed by atoms with Crippen molar-refractivity contribution in [1.82, 2.24) is 10.6 Å². The van der Waals surface area contributed by atoms with Crippen molar-refractivity contribution in [1.29, 1.82) is 0 Å². The summed E-state index contributed by atoms with van der Waals surface area (Å²) in [7, 11) is 0. The molecule has 27 heavy (non-hydrogen) atoms. The summed E-state index contributed by atoms with van der Waals surface area (Å²) in [5.74, 6) is -1.22. The number of hydrogen-bond acceptors (Lipinski definition) is 3. The quantitative estimate of drug-likeness (QED) is 0.462. The van der Waals surface area contributed by atoms with Gasteiger partial charge in [-0.25, -0.2) is 0 Å². The van der Waals surface area contributed by atoms with Gasteiger partial charge in [-0.1, -0.05) is 75.8 Å². The Hall–Kier alpha value is -2.37. The van der Waals surface area contributed by atoms with Crippen LogP contribution in [0.3, 0.4) is 0 Å². The standard InChI is InChI=1S/C21H33N3O3/c1-3-4-5-6-7-11-14-18(20(22)26)24-21(27)19(23-16(2)25)15-17-12-9-8-10-13-17/h8-10,12-13,18-19H,3-7,11,14-15H2,1-2H3,(H2,22,26)(H,23,25)(H,24,27)/t18-,19+/m1/s1. The molecule has 0 saturated carbocycles. The third kappa shape index (κ3) is 9.78. The SMILES string of the molecule is CCCCCCCC[C@@H](NC(=O)[C@H](Cc1ccccc1)NC(C)=O)C(N)=O. The monoisotopic (exact) mass is 375 g/mol. The van der Waals surface area contributed by atoms with Crippen LogP contribution in [0.4, 0.5) is 0 Å². The maximum atomic E-state index is 12.6. The van der Waals surface area contributed by atoms with E-state index in [0.717, 1.165) is 24.8 Å². The summed E-state index contributed by atoms with van der Waals surface area (Å²) in [4.78, 5) is 35.8. The van der Waals surface area contributed by atoms with E-state index in [2.05, 4.69) is 17.6 Å². The highest BCUT2D eigenvalue weighted by atomic mass is 16.2. The molecule has 0 radical (unpaired) electrons. The van der Waals surface area contributed by atoms with Crippen molar-refractivity contribution in [3.8, 4) is 0 Å². The molecule has 2 atom stereocenters. The Morgan fingerprint density at radius 3 is 2.15 bits per heavy atom. The van der Waals surface area contributed by atoms with E-state index in [-0.39, 0.29) is 11.8 Å². The lowest BCUT2D eigenvalue weighted by molar-refractivity contribution is -0.130. The minimum atomic E-state index is -0.740. The van der Waals surface area contributed by atoms with Gasteiger partial charge in [-0.3, -0.25) is 14.4 Å². The average molecular weight is 376 g/mol. The number of nitrogens with two attached hydrogens (primary N) is 1. The summed E-state index contributed by atoms with van der Waals surface area (Å²) >= 11 is 0. The minimum absolute atomic E-state index is 0.294. The second-order valence-electron chi connectivity index (χ2n) is 6.96. The van der Waals surface area contributed by atoms with Gasteiger partial charge in [0.05, 0.1) is 0 Å². The number of carbonyl (C=O) groups excluding carboxylic acids is 3. The molecule has 0 saturated heterocycles. The van der Waals surface area contributed by atoms with Crippen LogP contribution in [0.1, 0.15) is 64.4 Å². The average Bonchev–Trinajstić information content (AvgIpc) is 2.63. The van der Waals surface area contributed by atoms with E-state index in [1.807, 2.05) is 30.3 Å². The molecule has 0 fully saturated rings. The largest absolute Gasteiger partial charge is 0.368 e. The van der Waals surface area contributed by atoms with E-state index in [1.165, 1.54) is 26.2 Å². The van der Waals surface area contributed by atoms with Crippen LogP contribution in [-0.2, 0) is 20.8 Å². The number of carbonyl (C=O) groups is 3. The van der Waals surface area contributed by atoms with Crippen LogP contribution in [0, 0.1) is 0 Å². The highest BCUT2D eigenvalue weighted by Gasteiger charge is 2.24. The Kier molecular flexibility index (Phi) is 10.8. The van der Waals surface area contributed by atoms with Crippen LogP contribution in [0.2, 0.25) is 0 Å². The smallest absolute Gasteiger partial charge is 0.243 e. The molecule has 150 valence electrons. The molecular weight excluding hydrogens is 342 g/mol. The fourth-order valence-corrected chi connectivity index (χ4v) is 2.99. The van der Waals surface area contributed by atoms with E-state index in [4.69, 9.17) is 5.73 Å². The van der Waals surface area contributed by atoms with Crippen LogP contribution in [0.5, 0.6) is 0 Å². The molecular formula is C21H33N3O3. The lowest BCUT2D eigenvalue weighted by Gasteiger charge is -2.21. The van der Waals surface area contributed by atoms with Crippen molar-refractivity contribution in [2.75, 3.05) is 0 Å². The first-order valence-corrected chi connectivity index (χ1v) is 9.84. The number of primary amides is 1. The topological polar surface area (TPSA) is 101 Å². The maximum Gasteiger partial charge on any atom is 0.243 e. The normalized spacial score (nSPS) is 12.8. The summed E-state index contributed by atoms with van der Waals surface area (Å²) in [6.07, 6.45) is 7.43. The van der Waals surface area contributed by atoms with Crippen molar-refractivity contribution in [2.24, 2.45) is 5.73 Å². The van der Waals surface area contributed by atoms with Crippen molar-refractivity contribution < 1.29 is 14.4 Å². The second kappa shape index (κ2) is 12.9. The van der Waals surface area contributed by atoms with Crippen molar-refractivity contribution in [3.05, 3.63) is 35.9 Å². The van der Waals surface area contributed by atoms with E-state index in [0.29, 0.717) is 12.8 Å². The van der Waals surface area contributed by atoms with Crippen molar-refractivity contribution in [2.45, 2.75) is 77.3 Å². The van der Waals surface area contributed by atoms with Gasteiger partial charge in [0, 0.05) is 13.3 Å². The Morgan fingerprint density at radius 1 is 0.926 bits per heavy atom.